The maximum atomic E-state index is 12.2. The van der Waals surface area contributed by atoms with Crippen LogP contribution in [0.3, 0.4) is 0 Å². The summed E-state index contributed by atoms with van der Waals surface area (Å²) in [4.78, 5) is 27.3. The first kappa shape index (κ1) is 16.1. The zero-order valence-corrected chi connectivity index (χ0v) is 13.0. The van der Waals surface area contributed by atoms with Crippen LogP contribution in [0.25, 0.3) is 11.5 Å². The van der Waals surface area contributed by atoms with Gasteiger partial charge in [-0.2, -0.15) is 4.98 Å². The van der Waals surface area contributed by atoms with Crippen LogP contribution < -0.4 is 5.32 Å². The van der Waals surface area contributed by atoms with Crippen molar-refractivity contribution in [3.05, 3.63) is 36.2 Å². The van der Waals surface area contributed by atoms with Crippen LogP contribution in [-0.4, -0.2) is 39.3 Å². The molecule has 2 N–H and O–H groups in total. The molecule has 1 aromatic carbocycles. The molecule has 1 fully saturated rings. The maximum Gasteiger partial charge on any atom is 0.332 e. The van der Waals surface area contributed by atoms with Gasteiger partial charge in [-0.3, -0.25) is 4.79 Å². The lowest BCUT2D eigenvalue weighted by atomic mass is 10.2. The number of carbonyl (C=O) groups excluding carboxylic acids is 1. The number of carboxylic acid groups (broad SMARTS) is 1. The van der Waals surface area contributed by atoms with Crippen molar-refractivity contribution in [2.75, 3.05) is 0 Å². The van der Waals surface area contributed by atoms with E-state index in [-0.39, 0.29) is 5.91 Å². The second kappa shape index (κ2) is 6.79. The van der Waals surface area contributed by atoms with Crippen LogP contribution in [0, 0.1) is 0 Å². The predicted octanol–water partition coefficient (Wildman–Crippen LogP) is 1.55. The number of ether oxygens (including phenoxy) is 1. The number of rotatable bonds is 5. The highest BCUT2D eigenvalue weighted by Gasteiger charge is 2.35. The van der Waals surface area contributed by atoms with E-state index in [0.717, 1.165) is 5.56 Å². The smallest absolute Gasteiger partial charge is 0.332 e. The molecule has 1 aromatic heterocycles. The Morgan fingerprint density at radius 3 is 2.62 bits per heavy atom. The monoisotopic (exact) mass is 331 g/mol. The van der Waals surface area contributed by atoms with Crippen molar-refractivity contribution in [1.29, 1.82) is 0 Å². The zero-order chi connectivity index (χ0) is 17.1. The molecule has 3 atom stereocenters. The van der Waals surface area contributed by atoms with Crippen molar-refractivity contribution >= 4 is 11.9 Å². The number of carboxylic acids is 1. The summed E-state index contributed by atoms with van der Waals surface area (Å²) in [6, 6.07) is 8.82. The predicted molar refractivity (Wildman–Crippen MR) is 81.8 cm³/mol. The summed E-state index contributed by atoms with van der Waals surface area (Å²) in [5.41, 5.74) is 0.790. The molecule has 1 unspecified atom stereocenters. The highest BCUT2D eigenvalue weighted by molar-refractivity contribution is 5.82. The quantitative estimate of drug-likeness (QED) is 0.854. The largest absolute Gasteiger partial charge is 0.479 e. The van der Waals surface area contributed by atoms with Crippen molar-refractivity contribution in [2.45, 2.75) is 38.0 Å². The molecule has 1 saturated heterocycles. The first-order chi connectivity index (χ1) is 11.5. The molecule has 0 spiro atoms. The van der Waals surface area contributed by atoms with Crippen molar-refractivity contribution in [3.63, 3.8) is 0 Å². The van der Waals surface area contributed by atoms with Crippen LogP contribution in [0.1, 0.15) is 31.6 Å². The average Bonchev–Trinajstić information content (AvgIpc) is 3.25. The third kappa shape index (κ3) is 3.43. The molecule has 1 amide bonds. The molecule has 3 rings (SSSR count). The Balaban J connectivity index is 1.61. The minimum atomic E-state index is -1.05. The number of hydrogen-bond acceptors (Lipinski definition) is 6. The molecule has 2 aromatic rings. The molecule has 24 heavy (non-hydrogen) atoms. The summed E-state index contributed by atoms with van der Waals surface area (Å²) in [6.45, 7) is 1.72. The van der Waals surface area contributed by atoms with Gasteiger partial charge in [0, 0.05) is 5.56 Å². The first-order valence-corrected chi connectivity index (χ1v) is 7.62. The van der Waals surface area contributed by atoms with E-state index in [1.807, 2.05) is 30.3 Å². The van der Waals surface area contributed by atoms with E-state index >= 15 is 0 Å². The fourth-order valence-corrected chi connectivity index (χ4v) is 2.49. The van der Waals surface area contributed by atoms with E-state index in [1.165, 1.54) is 0 Å². The van der Waals surface area contributed by atoms with E-state index in [0.29, 0.717) is 24.6 Å². The molecule has 0 aliphatic carbocycles. The third-order valence-corrected chi connectivity index (χ3v) is 3.80. The van der Waals surface area contributed by atoms with Gasteiger partial charge in [0.2, 0.25) is 5.91 Å². The molecule has 0 radical (unpaired) electrons. The summed E-state index contributed by atoms with van der Waals surface area (Å²) in [7, 11) is 0. The van der Waals surface area contributed by atoms with E-state index in [9.17, 15) is 9.59 Å². The number of aromatic nitrogens is 2. The Morgan fingerprint density at radius 2 is 1.96 bits per heavy atom. The Kier molecular flexibility index (Phi) is 4.57. The van der Waals surface area contributed by atoms with Gasteiger partial charge in [0.15, 0.2) is 11.9 Å². The minimum absolute atomic E-state index is 0.322. The zero-order valence-electron chi connectivity index (χ0n) is 13.0. The highest BCUT2D eigenvalue weighted by Crippen LogP contribution is 2.22. The molecule has 2 heterocycles. The molecular formula is C16H17N3O5. The normalized spacial score (nSPS) is 21.4. The number of nitrogens with one attached hydrogen (secondary N) is 1. The van der Waals surface area contributed by atoms with E-state index in [1.54, 1.807) is 6.92 Å². The SMILES string of the molecule is CC(NC(=O)[C@@H]1CC[C@H](C(=O)O)O1)c1noc(-c2ccccc2)n1. The first-order valence-electron chi connectivity index (χ1n) is 7.62. The summed E-state index contributed by atoms with van der Waals surface area (Å²) >= 11 is 0. The molecular weight excluding hydrogens is 314 g/mol. The molecule has 0 bridgehead atoms. The van der Waals surface area contributed by atoms with Crippen LogP contribution in [0.2, 0.25) is 0 Å². The van der Waals surface area contributed by atoms with Gasteiger partial charge in [0.25, 0.3) is 5.89 Å². The maximum absolute atomic E-state index is 12.2. The lowest BCUT2D eigenvalue weighted by Crippen LogP contribution is -2.37. The number of hydrogen-bond donors (Lipinski definition) is 2. The second-order valence-corrected chi connectivity index (χ2v) is 5.58. The Morgan fingerprint density at radius 1 is 1.25 bits per heavy atom. The standard InChI is InChI=1S/C16H17N3O5/c1-9(17-14(20)11-7-8-12(23-11)16(21)22)13-18-15(24-19-13)10-5-3-2-4-6-10/h2-6,9,11-12H,7-8H2,1H3,(H,17,20)(H,21,22)/t9?,11-,12+/m0/s1. The number of aliphatic carboxylic acids is 1. The number of amides is 1. The number of benzene rings is 1. The Labute approximate surface area is 137 Å². The van der Waals surface area contributed by atoms with E-state index in [2.05, 4.69) is 15.5 Å². The minimum Gasteiger partial charge on any atom is -0.479 e. The fraction of sp³-hybridized carbons (Fsp3) is 0.375. The van der Waals surface area contributed by atoms with Crippen LogP contribution in [0.5, 0.6) is 0 Å². The van der Waals surface area contributed by atoms with Crippen molar-refractivity contribution < 1.29 is 24.0 Å². The number of nitrogens with zero attached hydrogens (tertiary/aromatic N) is 2. The van der Waals surface area contributed by atoms with Gasteiger partial charge in [0.05, 0.1) is 6.04 Å². The van der Waals surface area contributed by atoms with Crippen molar-refractivity contribution in [2.24, 2.45) is 0 Å². The molecule has 126 valence electrons. The summed E-state index contributed by atoms with van der Waals surface area (Å²) < 4.78 is 10.4. The summed E-state index contributed by atoms with van der Waals surface area (Å²) in [6.07, 6.45) is -1.00. The molecule has 0 saturated carbocycles. The molecule has 8 heteroatoms. The van der Waals surface area contributed by atoms with Crippen molar-refractivity contribution in [3.8, 4) is 11.5 Å². The highest BCUT2D eigenvalue weighted by atomic mass is 16.5. The van der Waals surface area contributed by atoms with Gasteiger partial charge >= 0.3 is 5.97 Å². The van der Waals surface area contributed by atoms with E-state index < -0.39 is 24.2 Å². The fourth-order valence-electron chi connectivity index (χ4n) is 2.49. The van der Waals surface area contributed by atoms with Crippen LogP contribution in [0.4, 0.5) is 0 Å². The Bertz CT molecular complexity index is 730. The van der Waals surface area contributed by atoms with Crippen LogP contribution in [0.15, 0.2) is 34.9 Å². The topological polar surface area (TPSA) is 115 Å². The third-order valence-electron chi connectivity index (χ3n) is 3.80. The average molecular weight is 331 g/mol. The van der Waals surface area contributed by atoms with Gasteiger partial charge in [-0.1, -0.05) is 23.4 Å². The molecule has 1 aliphatic heterocycles. The van der Waals surface area contributed by atoms with Crippen LogP contribution in [-0.2, 0) is 14.3 Å². The van der Waals surface area contributed by atoms with E-state index in [4.69, 9.17) is 14.4 Å². The summed E-state index contributed by atoms with van der Waals surface area (Å²) in [5.74, 6) is -0.717. The lowest BCUT2D eigenvalue weighted by Gasteiger charge is -2.14. The van der Waals surface area contributed by atoms with Crippen LogP contribution >= 0.6 is 0 Å². The summed E-state index contributed by atoms with van der Waals surface area (Å²) in [5, 5.41) is 15.5. The Hall–Kier alpha value is -2.74. The van der Waals surface area contributed by atoms with Crippen molar-refractivity contribution in [1.82, 2.24) is 15.5 Å². The van der Waals surface area contributed by atoms with Gasteiger partial charge in [-0.05, 0) is 31.9 Å². The lowest BCUT2D eigenvalue weighted by molar-refractivity contribution is -0.151. The van der Waals surface area contributed by atoms with Gasteiger partial charge < -0.3 is 19.7 Å². The molecule has 1 aliphatic rings. The van der Waals surface area contributed by atoms with Gasteiger partial charge in [-0.15, -0.1) is 0 Å². The van der Waals surface area contributed by atoms with Gasteiger partial charge in [0.1, 0.15) is 6.10 Å². The number of carbonyl (C=O) groups is 2. The van der Waals surface area contributed by atoms with Gasteiger partial charge in [-0.25, -0.2) is 4.79 Å². The second-order valence-electron chi connectivity index (χ2n) is 5.58. The molecule has 8 nitrogen and oxygen atoms in total.